The largest absolute Gasteiger partial charge is 0.455 e. The highest BCUT2D eigenvalue weighted by Crippen LogP contribution is 2.35. The fraction of sp³-hybridized carbons (Fsp3) is 0.357. The number of nitrogens with one attached hydrogen (secondary N) is 4. The molecule has 4 N–H and O–H groups in total. The molecule has 2 amide bonds. The van der Waals surface area contributed by atoms with Crippen LogP contribution in [0.15, 0.2) is 90.1 Å². The van der Waals surface area contributed by atoms with E-state index in [1.165, 1.54) is 24.4 Å². The molecule has 0 spiro atoms. The number of piperidine rings is 1. The summed E-state index contributed by atoms with van der Waals surface area (Å²) < 4.78 is 41.0. The molecule has 2 aromatic heterocycles. The van der Waals surface area contributed by atoms with Crippen molar-refractivity contribution in [2.24, 2.45) is 11.8 Å². The van der Waals surface area contributed by atoms with Crippen LogP contribution in [0.25, 0.3) is 11.0 Å². The Hall–Kier alpha value is -5.75. The van der Waals surface area contributed by atoms with E-state index >= 15 is 0 Å². The molecule has 3 fully saturated rings. The molecule has 0 bridgehead atoms. The molecule has 3 aromatic carbocycles. The Morgan fingerprint density at radius 3 is 2.55 bits per heavy atom. The third kappa shape index (κ3) is 9.49. The van der Waals surface area contributed by atoms with Crippen LogP contribution in [0.2, 0.25) is 5.02 Å². The highest BCUT2D eigenvalue weighted by Gasteiger charge is 2.33. The van der Waals surface area contributed by atoms with E-state index in [0.717, 1.165) is 61.6 Å². The molecule has 2 atom stereocenters. The summed E-state index contributed by atoms with van der Waals surface area (Å²) in [5, 5.41) is 19.7. The number of carbonyl (C=O) groups excluding carboxylic acids is 2. The first-order valence-corrected chi connectivity index (χ1v) is 21.8. The van der Waals surface area contributed by atoms with Gasteiger partial charge >= 0.3 is 0 Å². The zero-order valence-electron chi connectivity index (χ0n) is 32.6. The first-order chi connectivity index (χ1) is 29.0. The van der Waals surface area contributed by atoms with Crippen molar-refractivity contribution >= 4 is 61.5 Å². The lowest BCUT2D eigenvalue weighted by atomic mass is 9.85. The number of halogens is 1. The SMILES string of the molecule is O=C1CC[C@H](CN2CCN(c3ccc(C(=O)NS(=O)(=O)c4ccc(NCC5CCOCC5)c([N+](=O)[O-])c4)c(Oc4cnc5[nH]ccc5c4)c3)CC2)[C@@H](c2ccc(Cl)cc2)N1. The lowest BCUT2D eigenvalue weighted by Gasteiger charge is -2.40. The van der Waals surface area contributed by atoms with Gasteiger partial charge in [-0.25, -0.2) is 18.1 Å². The van der Waals surface area contributed by atoms with Gasteiger partial charge in [-0.05, 0) is 85.2 Å². The number of sulfonamides is 1. The molecular weight excluding hydrogens is 812 g/mol. The van der Waals surface area contributed by atoms with Gasteiger partial charge in [0.2, 0.25) is 5.91 Å². The van der Waals surface area contributed by atoms with Crippen molar-refractivity contribution in [1.82, 2.24) is 24.9 Å². The normalized spacial score (nSPS) is 19.1. The Balaban J connectivity index is 0.987. The van der Waals surface area contributed by atoms with Gasteiger partial charge in [0, 0.05) is 93.3 Å². The number of fused-ring (bicyclic) bond motifs is 1. The molecule has 0 unspecified atom stereocenters. The summed E-state index contributed by atoms with van der Waals surface area (Å²) in [6.45, 7) is 5.34. The first kappa shape index (κ1) is 41.0. The molecule has 5 aromatic rings. The number of aromatic nitrogens is 2. The van der Waals surface area contributed by atoms with Gasteiger partial charge in [0.25, 0.3) is 21.6 Å². The van der Waals surface area contributed by atoms with Crippen LogP contribution in [0.1, 0.15) is 47.6 Å². The summed E-state index contributed by atoms with van der Waals surface area (Å²) in [6, 6.07) is 19.6. The van der Waals surface area contributed by atoms with Crippen LogP contribution in [0.5, 0.6) is 11.5 Å². The second-order valence-electron chi connectivity index (χ2n) is 15.4. The van der Waals surface area contributed by atoms with Crippen LogP contribution in [0.3, 0.4) is 0 Å². The average molecular weight is 857 g/mol. The Kier molecular flexibility index (Phi) is 12.2. The molecule has 60 heavy (non-hydrogen) atoms. The third-order valence-corrected chi connectivity index (χ3v) is 13.0. The van der Waals surface area contributed by atoms with Gasteiger partial charge in [-0.1, -0.05) is 23.7 Å². The van der Waals surface area contributed by atoms with Gasteiger partial charge in [-0.2, -0.15) is 0 Å². The smallest absolute Gasteiger partial charge is 0.293 e. The van der Waals surface area contributed by atoms with E-state index in [1.54, 1.807) is 24.4 Å². The predicted molar refractivity (Wildman–Crippen MR) is 226 cm³/mol. The first-order valence-electron chi connectivity index (χ1n) is 19.9. The second-order valence-corrected chi connectivity index (χ2v) is 17.5. The number of ether oxygens (including phenoxy) is 2. The minimum atomic E-state index is -4.57. The van der Waals surface area contributed by atoms with Crippen molar-refractivity contribution in [3.8, 4) is 11.5 Å². The number of pyridine rings is 1. The zero-order chi connectivity index (χ0) is 41.8. The van der Waals surface area contributed by atoms with Crippen LogP contribution >= 0.6 is 11.6 Å². The standard InChI is InChI=1S/C42H45ClN8O8S/c43-31-4-1-28(2-5-31)40-30(3-10-39(52)47-40)26-49-15-17-50(18-16-49)32-6-8-35(38(22-32)59-33-21-29-11-14-44-41(29)46-25-33)42(53)48-60(56,57)34-7-9-36(37(23-34)51(54)55)45-24-27-12-19-58-20-13-27/h1-2,4-9,11,14,21-23,25,27,30,40,45H,3,10,12-13,15-20,24,26H2,(H,44,46)(H,47,52)(H,48,53)/t30-,40-/m1/s1. The van der Waals surface area contributed by atoms with Crippen LogP contribution in [0, 0.1) is 22.0 Å². The Morgan fingerprint density at radius 1 is 1.00 bits per heavy atom. The highest BCUT2D eigenvalue weighted by molar-refractivity contribution is 7.90. The summed E-state index contributed by atoms with van der Waals surface area (Å²) in [5.74, 6) is -0.0203. The molecule has 314 valence electrons. The van der Waals surface area contributed by atoms with E-state index in [4.69, 9.17) is 21.1 Å². The van der Waals surface area contributed by atoms with Crippen LogP contribution in [-0.4, -0.2) is 92.5 Å². The molecule has 3 aliphatic rings. The van der Waals surface area contributed by atoms with Crippen LogP contribution in [-0.2, 0) is 19.6 Å². The van der Waals surface area contributed by atoms with E-state index in [-0.39, 0.29) is 40.8 Å². The molecule has 0 aliphatic carbocycles. The van der Waals surface area contributed by atoms with Gasteiger partial charge in [0.05, 0.1) is 27.6 Å². The number of piperazine rings is 1. The number of nitrogens with zero attached hydrogens (tertiary/aromatic N) is 4. The lowest BCUT2D eigenvalue weighted by Crippen LogP contribution is -2.50. The fourth-order valence-corrected chi connectivity index (χ4v) is 9.20. The Labute approximate surface area is 351 Å². The van der Waals surface area contributed by atoms with E-state index in [1.807, 2.05) is 30.3 Å². The number of anilines is 2. The average Bonchev–Trinajstić information content (AvgIpc) is 3.72. The van der Waals surface area contributed by atoms with Gasteiger partial charge in [-0.3, -0.25) is 24.6 Å². The van der Waals surface area contributed by atoms with Crippen molar-refractivity contribution in [3.05, 3.63) is 111 Å². The highest BCUT2D eigenvalue weighted by atomic mass is 35.5. The number of hydrogen-bond donors (Lipinski definition) is 4. The van der Waals surface area contributed by atoms with E-state index in [0.29, 0.717) is 55.7 Å². The molecule has 3 aliphatic heterocycles. The minimum absolute atomic E-state index is 0.0415. The molecule has 0 saturated carbocycles. The summed E-state index contributed by atoms with van der Waals surface area (Å²) in [5.41, 5.74) is 2.13. The maximum atomic E-state index is 13.9. The minimum Gasteiger partial charge on any atom is -0.455 e. The van der Waals surface area contributed by atoms with Crippen LogP contribution in [0.4, 0.5) is 17.1 Å². The van der Waals surface area contributed by atoms with E-state index < -0.39 is 31.4 Å². The van der Waals surface area contributed by atoms with Crippen molar-refractivity contribution in [2.75, 3.05) is 62.7 Å². The molecule has 16 nitrogen and oxygen atoms in total. The Bertz CT molecular complexity index is 2490. The van der Waals surface area contributed by atoms with Crippen molar-refractivity contribution in [3.63, 3.8) is 0 Å². The fourth-order valence-electron chi connectivity index (χ4n) is 8.09. The summed E-state index contributed by atoms with van der Waals surface area (Å²) >= 11 is 6.14. The topological polar surface area (TPSA) is 201 Å². The number of nitro groups is 1. The van der Waals surface area contributed by atoms with Crippen molar-refractivity contribution in [2.45, 2.75) is 36.6 Å². The summed E-state index contributed by atoms with van der Waals surface area (Å²) in [7, 11) is -4.57. The predicted octanol–water partition coefficient (Wildman–Crippen LogP) is 6.26. The number of aromatic amines is 1. The number of nitro benzene ring substituents is 1. The molecule has 8 rings (SSSR count). The van der Waals surface area contributed by atoms with E-state index in [9.17, 15) is 28.1 Å². The number of carbonyl (C=O) groups is 2. The maximum Gasteiger partial charge on any atom is 0.293 e. The summed E-state index contributed by atoms with van der Waals surface area (Å²) in [4.78, 5) is 49.2. The quantitative estimate of drug-likeness (QED) is 0.0766. The molecule has 5 heterocycles. The second kappa shape index (κ2) is 17.8. The van der Waals surface area contributed by atoms with Gasteiger partial charge in [-0.15, -0.1) is 0 Å². The maximum absolute atomic E-state index is 13.9. The zero-order valence-corrected chi connectivity index (χ0v) is 34.2. The number of rotatable bonds is 13. The van der Waals surface area contributed by atoms with Crippen molar-refractivity contribution in [1.29, 1.82) is 0 Å². The van der Waals surface area contributed by atoms with Gasteiger partial charge in [0.15, 0.2) is 0 Å². The molecule has 18 heteroatoms. The van der Waals surface area contributed by atoms with Crippen molar-refractivity contribution < 1.29 is 32.4 Å². The number of hydrogen-bond acceptors (Lipinski definition) is 12. The number of amides is 2. The van der Waals surface area contributed by atoms with Crippen LogP contribution < -0.4 is 25.0 Å². The summed E-state index contributed by atoms with van der Waals surface area (Å²) in [6.07, 6.45) is 6.13. The number of H-pyrrole nitrogens is 1. The number of benzene rings is 3. The lowest BCUT2D eigenvalue weighted by molar-refractivity contribution is -0.384. The molecule has 3 saturated heterocycles. The molecule has 0 radical (unpaired) electrons. The molecular formula is C42H45ClN8O8S. The van der Waals surface area contributed by atoms with Gasteiger partial charge in [0.1, 0.15) is 22.8 Å². The Morgan fingerprint density at radius 2 is 1.78 bits per heavy atom. The monoisotopic (exact) mass is 856 g/mol. The van der Waals surface area contributed by atoms with E-state index in [2.05, 4.69) is 35.1 Å². The van der Waals surface area contributed by atoms with Gasteiger partial charge < -0.3 is 30.0 Å². The third-order valence-electron chi connectivity index (χ3n) is 11.4.